The summed E-state index contributed by atoms with van der Waals surface area (Å²) in [6.07, 6.45) is 1.08. The van der Waals surface area contributed by atoms with Gasteiger partial charge in [0.05, 0.1) is 0 Å². The Morgan fingerprint density at radius 1 is 1.54 bits per heavy atom. The highest BCUT2D eigenvalue weighted by atomic mass is 79.9. The number of rotatable bonds is 0. The van der Waals surface area contributed by atoms with Crippen molar-refractivity contribution in [2.75, 3.05) is 0 Å². The van der Waals surface area contributed by atoms with Crippen LogP contribution < -0.4 is 5.73 Å². The monoisotopic (exact) mass is 257 g/mol. The Hall–Kier alpha value is 0.01000. The molecule has 0 radical (unpaired) electrons. The molecule has 1 aliphatic heterocycles. The van der Waals surface area contributed by atoms with Crippen LogP contribution in [0.2, 0.25) is 0 Å². The van der Waals surface area contributed by atoms with E-state index in [1.165, 1.54) is 14.9 Å². The van der Waals surface area contributed by atoms with Gasteiger partial charge in [0.2, 0.25) is 0 Å². The van der Waals surface area contributed by atoms with E-state index < -0.39 is 0 Å². The summed E-state index contributed by atoms with van der Waals surface area (Å²) >= 11 is 5.48. The zero-order valence-corrected chi connectivity index (χ0v) is 9.86. The van der Waals surface area contributed by atoms with Crippen LogP contribution in [0.15, 0.2) is 27.6 Å². The maximum atomic E-state index is 6.07. The van der Waals surface area contributed by atoms with Crippen LogP contribution in [0.25, 0.3) is 0 Å². The molecule has 13 heavy (non-hydrogen) atoms. The molecule has 0 aromatic heterocycles. The molecule has 0 aliphatic carbocycles. The summed E-state index contributed by atoms with van der Waals surface area (Å²) in [6.45, 7) is 2.23. The lowest BCUT2D eigenvalue weighted by Gasteiger charge is -2.27. The van der Waals surface area contributed by atoms with Crippen LogP contribution in [-0.2, 0) is 0 Å². The molecular formula is C10H12BrNS. The van der Waals surface area contributed by atoms with Gasteiger partial charge in [-0.15, -0.1) is 11.8 Å². The normalized spacial score (nSPS) is 27.0. The Bertz CT molecular complexity index is 327. The van der Waals surface area contributed by atoms with Crippen molar-refractivity contribution in [3.63, 3.8) is 0 Å². The SMILES string of the molecule is CC1CC(N)c2cccc(Br)c2S1. The van der Waals surface area contributed by atoms with Gasteiger partial charge in [-0.05, 0) is 34.0 Å². The van der Waals surface area contributed by atoms with E-state index in [4.69, 9.17) is 5.73 Å². The van der Waals surface area contributed by atoms with Crippen LogP contribution in [0, 0.1) is 0 Å². The van der Waals surface area contributed by atoms with Gasteiger partial charge in [0.15, 0.2) is 0 Å². The van der Waals surface area contributed by atoms with Crippen LogP contribution in [-0.4, -0.2) is 5.25 Å². The average Bonchev–Trinajstić information content (AvgIpc) is 2.07. The minimum Gasteiger partial charge on any atom is -0.324 e. The lowest BCUT2D eigenvalue weighted by molar-refractivity contribution is 0.623. The highest BCUT2D eigenvalue weighted by molar-refractivity contribution is 9.10. The number of benzene rings is 1. The van der Waals surface area contributed by atoms with Crippen molar-refractivity contribution in [2.45, 2.75) is 29.5 Å². The topological polar surface area (TPSA) is 26.0 Å². The van der Waals surface area contributed by atoms with Crippen molar-refractivity contribution in [3.05, 3.63) is 28.2 Å². The molecule has 2 N–H and O–H groups in total. The van der Waals surface area contributed by atoms with Crippen molar-refractivity contribution in [1.29, 1.82) is 0 Å². The molecule has 1 heterocycles. The molecule has 1 aliphatic rings. The molecule has 0 saturated heterocycles. The number of hydrogen-bond donors (Lipinski definition) is 1. The Morgan fingerprint density at radius 2 is 2.31 bits per heavy atom. The Kier molecular flexibility index (Phi) is 2.67. The summed E-state index contributed by atoms with van der Waals surface area (Å²) in [5.74, 6) is 0. The summed E-state index contributed by atoms with van der Waals surface area (Å²) in [5, 5.41) is 0.626. The third-order valence-electron chi connectivity index (χ3n) is 2.30. The van der Waals surface area contributed by atoms with E-state index in [2.05, 4.69) is 41.1 Å². The molecular weight excluding hydrogens is 246 g/mol. The first kappa shape index (κ1) is 9.56. The molecule has 2 atom stereocenters. The third-order valence-corrected chi connectivity index (χ3v) is 4.51. The fourth-order valence-electron chi connectivity index (χ4n) is 1.68. The molecule has 1 aromatic rings. The summed E-state index contributed by atoms with van der Waals surface area (Å²) in [4.78, 5) is 1.33. The van der Waals surface area contributed by atoms with Gasteiger partial charge in [0.25, 0.3) is 0 Å². The molecule has 0 saturated carbocycles. The van der Waals surface area contributed by atoms with Gasteiger partial charge in [-0.25, -0.2) is 0 Å². The molecule has 0 amide bonds. The largest absolute Gasteiger partial charge is 0.324 e. The van der Waals surface area contributed by atoms with Crippen LogP contribution in [0.3, 0.4) is 0 Å². The predicted octanol–water partition coefficient (Wildman–Crippen LogP) is 3.33. The zero-order valence-electron chi connectivity index (χ0n) is 7.46. The van der Waals surface area contributed by atoms with Crippen LogP contribution in [0.1, 0.15) is 24.9 Å². The Morgan fingerprint density at radius 3 is 3.08 bits per heavy atom. The van der Waals surface area contributed by atoms with E-state index in [1.54, 1.807) is 0 Å². The highest BCUT2D eigenvalue weighted by Crippen LogP contribution is 2.43. The van der Waals surface area contributed by atoms with Crippen molar-refractivity contribution >= 4 is 27.7 Å². The summed E-state index contributed by atoms with van der Waals surface area (Å²) in [6, 6.07) is 6.48. The van der Waals surface area contributed by atoms with Gasteiger partial charge in [0, 0.05) is 20.7 Å². The van der Waals surface area contributed by atoms with Gasteiger partial charge in [0.1, 0.15) is 0 Å². The summed E-state index contributed by atoms with van der Waals surface area (Å²) < 4.78 is 1.18. The summed E-state index contributed by atoms with van der Waals surface area (Å²) in [7, 11) is 0. The van der Waals surface area contributed by atoms with Crippen LogP contribution in [0.5, 0.6) is 0 Å². The minimum atomic E-state index is 0.212. The van der Waals surface area contributed by atoms with Crippen LogP contribution >= 0.6 is 27.7 Å². The van der Waals surface area contributed by atoms with E-state index in [9.17, 15) is 0 Å². The Balaban J connectivity index is 2.49. The van der Waals surface area contributed by atoms with E-state index >= 15 is 0 Å². The van der Waals surface area contributed by atoms with Crippen molar-refractivity contribution in [3.8, 4) is 0 Å². The maximum absolute atomic E-state index is 6.07. The highest BCUT2D eigenvalue weighted by Gasteiger charge is 2.23. The number of halogens is 1. The lowest BCUT2D eigenvalue weighted by atomic mass is 10.0. The van der Waals surface area contributed by atoms with E-state index in [-0.39, 0.29) is 6.04 Å². The van der Waals surface area contributed by atoms with E-state index in [0.29, 0.717) is 5.25 Å². The summed E-state index contributed by atoms with van der Waals surface area (Å²) in [5.41, 5.74) is 7.36. The zero-order chi connectivity index (χ0) is 9.42. The second kappa shape index (κ2) is 3.64. The van der Waals surface area contributed by atoms with Gasteiger partial charge in [-0.1, -0.05) is 19.1 Å². The van der Waals surface area contributed by atoms with Crippen molar-refractivity contribution in [1.82, 2.24) is 0 Å². The molecule has 2 rings (SSSR count). The minimum absolute atomic E-state index is 0.212. The maximum Gasteiger partial charge on any atom is 0.0317 e. The second-order valence-electron chi connectivity index (χ2n) is 3.43. The van der Waals surface area contributed by atoms with Gasteiger partial charge < -0.3 is 5.73 Å². The van der Waals surface area contributed by atoms with Gasteiger partial charge >= 0.3 is 0 Å². The van der Waals surface area contributed by atoms with E-state index in [0.717, 1.165) is 6.42 Å². The van der Waals surface area contributed by atoms with Crippen LogP contribution in [0.4, 0.5) is 0 Å². The average molecular weight is 258 g/mol. The predicted molar refractivity (Wildman–Crippen MR) is 61.0 cm³/mol. The third kappa shape index (κ3) is 1.78. The van der Waals surface area contributed by atoms with Gasteiger partial charge in [-0.3, -0.25) is 0 Å². The smallest absolute Gasteiger partial charge is 0.0317 e. The first-order valence-corrected chi connectivity index (χ1v) is 6.06. The van der Waals surface area contributed by atoms with E-state index in [1.807, 2.05) is 11.8 Å². The Labute approximate surface area is 91.2 Å². The number of hydrogen-bond acceptors (Lipinski definition) is 2. The molecule has 0 spiro atoms. The quantitative estimate of drug-likeness (QED) is 0.772. The first-order chi connectivity index (χ1) is 6.18. The van der Waals surface area contributed by atoms with Gasteiger partial charge in [-0.2, -0.15) is 0 Å². The van der Waals surface area contributed by atoms with Crippen molar-refractivity contribution < 1.29 is 0 Å². The van der Waals surface area contributed by atoms with Crippen molar-refractivity contribution in [2.24, 2.45) is 5.73 Å². The fourth-order valence-corrected chi connectivity index (χ4v) is 3.58. The molecule has 1 nitrogen and oxygen atoms in total. The molecule has 0 fully saturated rings. The molecule has 2 unspecified atom stereocenters. The molecule has 0 bridgehead atoms. The number of fused-ring (bicyclic) bond motifs is 1. The molecule has 70 valence electrons. The molecule has 1 aromatic carbocycles. The number of thioether (sulfide) groups is 1. The number of nitrogens with two attached hydrogens (primary N) is 1. The molecule has 3 heteroatoms. The first-order valence-electron chi connectivity index (χ1n) is 4.39. The second-order valence-corrected chi connectivity index (χ2v) is 5.73. The standard InChI is InChI=1S/C10H12BrNS/c1-6-5-9(12)7-3-2-4-8(11)10(7)13-6/h2-4,6,9H,5,12H2,1H3. The lowest BCUT2D eigenvalue weighted by Crippen LogP contribution is -2.20. The fraction of sp³-hybridized carbons (Fsp3) is 0.400.